The summed E-state index contributed by atoms with van der Waals surface area (Å²) in [5.74, 6) is -1.50. The van der Waals surface area contributed by atoms with Crippen molar-refractivity contribution < 1.29 is 9.18 Å². The van der Waals surface area contributed by atoms with Crippen LogP contribution in [0.1, 0.15) is 27.2 Å². The fourth-order valence-electron chi connectivity index (χ4n) is 3.30. The maximum atomic E-state index is 14.5. The van der Waals surface area contributed by atoms with Crippen molar-refractivity contribution >= 4 is 5.91 Å². The minimum absolute atomic E-state index is 0.0931. The SMILES string of the molecule is Cc1ccccc1Cn1c(=O)c(C(=O)NCc2cccnc2)nn(-c2ccccc2F)c1=O. The molecular weight excluding hydrogens is 425 g/mol. The summed E-state index contributed by atoms with van der Waals surface area (Å²) >= 11 is 0. The minimum Gasteiger partial charge on any atom is -0.346 e. The zero-order valence-corrected chi connectivity index (χ0v) is 17.7. The second-order valence-electron chi connectivity index (χ2n) is 7.36. The monoisotopic (exact) mass is 445 g/mol. The molecule has 4 aromatic rings. The Morgan fingerprint density at radius 2 is 1.79 bits per heavy atom. The molecule has 0 radical (unpaired) electrons. The van der Waals surface area contributed by atoms with Gasteiger partial charge < -0.3 is 5.32 Å². The average molecular weight is 445 g/mol. The molecule has 0 aliphatic rings. The highest BCUT2D eigenvalue weighted by Gasteiger charge is 2.21. The van der Waals surface area contributed by atoms with Crippen LogP contribution >= 0.6 is 0 Å². The Balaban J connectivity index is 1.82. The summed E-state index contributed by atoms with van der Waals surface area (Å²) in [7, 11) is 0. The van der Waals surface area contributed by atoms with Crippen LogP contribution in [0.15, 0.2) is 82.6 Å². The molecule has 8 nitrogen and oxygen atoms in total. The van der Waals surface area contributed by atoms with Gasteiger partial charge in [-0.3, -0.25) is 19.1 Å². The standard InChI is InChI=1S/C24H20FN5O3/c1-16-7-2-3-9-18(16)15-29-23(32)21(22(31)27-14-17-8-6-12-26-13-17)28-30(24(29)33)20-11-5-4-10-19(20)25/h2-13H,14-15H2,1H3,(H,27,31). The van der Waals surface area contributed by atoms with Crippen LogP contribution < -0.4 is 16.6 Å². The lowest BCUT2D eigenvalue weighted by atomic mass is 10.1. The first kappa shape index (κ1) is 21.8. The molecule has 33 heavy (non-hydrogen) atoms. The number of halogens is 1. The van der Waals surface area contributed by atoms with Gasteiger partial charge in [0.25, 0.3) is 11.5 Å². The number of rotatable bonds is 6. The number of hydrogen-bond acceptors (Lipinski definition) is 5. The molecule has 0 saturated heterocycles. The maximum Gasteiger partial charge on any atom is 0.352 e. The maximum absolute atomic E-state index is 14.5. The van der Waals surface area contributed by atoms with E-state index < -0.39 is 28.7 Å². The first-order valence-corrected chi connectivity index (χ1v) is 10.2. The number of amides is 1. The van der Waals surface area contributed by atoms with Gasteiger partial charge in [-0.2, -0.15) is 9.78 Å². The molecular formula is C24H20FN5O3. The van der Waals surface area contributed by atoms with E-state index in [2.05, 4.69) is 15.4 Å². The normalized spacial score (nSPS) is 10.7. The van der Waals surface area contributed by atoms with E-state index in [4.69, 9.17) is 0 Å². The second kappa shape index (κ2) is 9.39. The quantitative estimate of drug-likeness (QED) is 0.491. The Bertz CT molecular complexity index is 1430. The molecule has 2 aromatic heterocycles. The third-order valence-corrected chi connectivity index (χ3v) is 5.12. The van der Waals surface area contributed by atoms with Crippen LogP contribution in [0.4, 0.5) is 4.39 Å². The summed E-state index contributed by atoms with van der Waals surface area (Å²) in [5.41, 5.74) is -0.104. The van der Waals surface area contributed by atoms with Gasteiger partial charge in [0.05, 0.1) is 6.54 Å². The highest BCUT2D eigenvalue weighted by molar-refractivity contribution is 5.91. The van der Waals surface area contributed by atoms with Gasteiger partial charge in [0, 0.05) is 18.9 Å². The Morgan fingerprint density at radius 1 is 1.03 bits per heavy atom. The molecule has 4 rings (SSSR count). The topological polar surface area (TPSA) is 98.9 Å². The number of nitrogens with one attached hydrogen (secondary N) is 1. The van der Waals surface area contributed by atoms with Gasteiger partial charge >= 0.3 is 5.69 Å². The van der Waals surface area contributed by atoms with Crippen molar-refractivity contribution in [3.63, 3.8) is 0 Å². The summed E-state index contributed by atoms with van der Waals surface area (Å²) in [4.78, 5) is 43.2. The number of carbonyl (C=O) groups is 1. The first-order chi connectivity index (χ1) is 16.0. The molecule has 0 fully saturated rings. The molecule has 0 aliphatic heterocycles. The van der Waals surface area contributed by atoms with Crippen LogP contribution in [-0.4, -0.2) is 25.2 Å². The zero-order valence-electron chi connectivity index (χ0n) is 17.7. The van der Waals surface area contributed by atoms with E-state index in [0.29, 0.717) is 11.1 Å². The molecule has 0 atom stereocenters. The van der Waals surface area contributed by atoms with Gasteiger partial charge in [0.1, 0.15) is 11.5 Å². The Labute approximate surface area is 188 Å². The van der Waals surface area contributed by atoms with Crippen LogP contribution in [-0.2, 0) is 13.1 Å². The first-order valence-electron chi connectivity index (χ1n) is 10.2. The van der Waals surface area contributed by atoms with E-state index in [1.54, 1.807) is 36.7 Å². The molecule has 0 unspecified atom stereocenters. The minimum atomic E-state index is -0.862. The van der Waals surface area contributed by atoms with Crippen LogP contribution in [0.5, 0.6) is 0 Å². The summed E-state index contributed by atoms with van der Waals surface area (Å²) < 4.78 is 16.1. The van der Waals surface area contributed by atoms with Gasteiger partial charge in [0.2, 0.25) is 5.69 Å². The number of pyridine rings is 1. The average Bonchev–Trinajstić information content (AvgIpc) is 2.83. The molecule has 0 bridgehead atoms. The van der Waals surface area contributed by atoms with E-state index in [0.717, 1.165) is 14.8 Å². The molecule has 2 aromatic carbocycles. The second-order valence-corrected chi connectivity index (χ2v) is 7.36. The lowest BCUT2D eigenvalue weighted by Crippen LogP contribution is -2.46. The van der Waals surface area contributed by atoms with Crippen molar-refractivity contribution in [1.29, 1.82) is 0 Å². The largest absolute Gasteiger partial charge is 0.352 e. The third kappa shape index (κ3) is 4.62. The van der Waals surface area contributed by atoms with Crippen LogP contribution in [0.3, 0.4) is 0 Å². The van der Waals surface area contributed by atoms with Gasteiger partial charge in [0.15, 0.2) is 0 Å². The molecule has 0 saturated carbocycles. The number of hydrogen-bond donors (Lipinski definition) is 1. The third-order valence-electron chi connectivity index (χ3n) is 5.12. The highest BCUT2D eigenvalue weighted by Crippen LogP contribution is 2.10. The van der Waals surface area contributed by atoms with E-state index >= 15 is 0 Å². The molecule has 9 heteroatoms. The zero-order chi connectivity index (χ0) is 23.4. The Morgan fingerprint density at radius 3 is 2.52 bits per heavy atom. The number of carbonyl (C=O) groups excluding carboxylic acids is 1. The van der Waals surface area contributed by atoms with Crippen LogP contribution in [0.2, 0.25) is 0 Å². The molecule has 166 valence electrons. The van der Waals surface area contributed by atoms with Crippen molar-refractivity contribution in [2.75, 3.05) is 0 Å². The number of para-hydroxylation sites is 1. The van der Waals surface area contributed by atoms with Crippen molar-refractivity contribution in [2.45, 2.75) is 20.0 Å². The smallest absolute Gasteiger partial charge is 0.346 e. The van der Waals surface area contributed by atoms with Crippen LogP contribution in [0.25, 0.3) is 5.69 Å². The van der Waals surface area contributed by atoms with Gasteiger partial charge in [-0.25, -0.2) is 9.18 Å². The highest BCUT2D eigenvalue weighted by atomic mass is 19.1. The summed E-state index contributed by atoms with van der Waals surface area (Å²) in [6.45, 7) is 1.85. The fourth-order valence-corrected chi connectivity index (χ4v) is 3.30. The number of aromatic nitrogens is 4. The van der Waals surface area contributed by atoms with E-state index in [9.17, 15) is 18.8 Å². The predicted octanol–water partition coefficient (Wildman–Crippen LogP) is 2.22. The Kier molecular flexibility index (Phi) is 6.21. The van der Waals surface area contributed by atoms with Gasteiger partial charge in [-0.1, -0.05) is 42.5 Å². The van der Waals surface area contributed by atoms with E-state index in [-0.39, 0.29) is 18.8 Å². The van der Waals surface area contributed by atoms with Crippen molar-refractivity contribution in [2.24, 2.45) is 0 Å². The molecule has 0 aliphatic carbocycles. The molecule has 0 spiro atoms. The van der Waals surface area contributed by atoms with Gasteiger partial charge in [-0.05, 0) is 41.8 Å². The molecule has 1 N–H and O–H groups in total. The van der Waals surface area contributed by atoms with E-state index in [1.165, 1.54) is 24.3 Å². The Hall–Kier alpha value is -4.40. The lowest BCUT2D eigenvalue weighted by Gasteiger charge is -2.13. The fraction of sp³-hybridized carbons (Fsp3) is 0.125. The number of benzene rings is 2. The van der Waals surface area contributed by atoms with Gasteiger partial charge in [-0.15, -0.1) is 0 Å². The van der Waals surface area contributed by atoms with E-state index in [1.807, 2.05) is 19.1 Å². The summed E-state index contributed by atoms with van der Waals surface area (Å²) in [5, 5.41) is 6.55. The molecule has 2 heterocycles. The summed E-state index contributed by atoms with van der Waals surface area (Å²) in [6.07, 6.45) is 3.17. The number of aryl methyl sites for hydroxylation is 1. The van der Waals surface area contributed by atoms with Crippen molar-refractivity contribution in [3.8, 4) is 5.69 Å². The summed E-state index contributed by atoms with van der Waals surface area (Å²) in [6, 6.07) is 16.2. The van der Waals surface area contributed by atoms with Crippen LogP contribution in [0, 0.1) is 12.7 Å². The molecule has 1 amide bonds. The van der Waals surface area contributed by atoms with Crippen molar-refractivity contribution in [3.05, 3.63) is 122 Å². The lowest BCUT2D eigenvalue weighted by molar-refractivity contribution is 0.0941. The number of nitrogens with zero attached hydrogens (tertiary/aromatic N) is 4. The predicted molar refractivity (Wildman–Crippen MR) is 120 cm³/mol. The van der Waals surface area contributed by atoms with Crippen molar-refractivity contribution in [1.82, 2.24) is 24.6 Å².